The molecule has 1 aromatic carbocycles. The fraction of sp³-hybridized carbons (Fsp3) is 0.400. The lowest BCUT2D eigenvalue weighted by molar-refractivity contribution is 0.272. The Kier molecular flexibility index (Phi) is 5.53. The molecule has 0 spiro atoms. The van der Waals surface area contributed by atoms with Gasteiger partial charge >= 0.3 is 0 Å². The Morgan fingerprint density at radius 1 is 1.33 bits per heavy atom. The quantitative estimate of drug-likeness (QED) is 0.708. The van der Waals surface area contributed by atoms with Gasteiger partial charge in [0.05, 0.1) is 23.0 Å². The van der Waals surface area contributed by atoms with Crippen molar-refractivity contribution in [2.45, 2.75) is 32.9 Å². The number of hydrogen-bond donors (Lipinski definition) is 0. The van der Waals surface area contributed by atoms with Crippen LogP contribution in [0.4, 0.5) is 0 Å². The van der Waals surface area contributed by atoms with Gasteiger partial charge < -0.3 is 9.47 Å². The molecule has 0 aliphatic carbocycles. The van der Waals surface area contributed by atoms with E-state index < -0.39 is 0 Å². The smallest absolute Gasteiger partial charge is 0.175 e. The van der Waals surface area contributed by atoms with Crippen LogP contribution in [0.5, 0.6) is 11.5 Å². The van der Waals surface area contributed by atoms with Gasteiger partial charge in [-0.05, 0) is 53.5 Å². The lowest BCUT2D eigenvalue weighted by Crippen LogP contribution is -2.07. The van der Waals surface area contributed by atoms with E-state index in [1.165, 1.54) is 0 Å². The number of benzene rings is 1. The molecule has 1 aromatic heterocycles. The van der Waals surface area contributed by atoms with E-state index in [0.29, 0.717) is 24.0 Å². The van der Waals surface area contributed by atoms with Crippen LogP contribution in [0, 0.1) is 6.92 Å². The fourth-order valence-electron chi connectivity index (χ4n) is 2.13. The average molecular weight is 374 g/mol. The molecule has 0 aliphatic heterocycles. The normalized spacial score (nSPS) is 10.7. The van der Waals surface area contributed by atoms with E-state index in [4.69, 9.17) is 21.1 Å². The van der Waals surface area contributed by atoms with E-state index in [2.05, 4.69) is 28.0 Å². The van der Waals surface area contributed by atoms with Crippen LogP contribution >= 0.6 is 27.5 Å². The number of hydrogen-bond acceptors (Lipinski definition) is 3. The fourth-order valence-corrected chi connectivity index (χ4v) is 2.88. The van der Waals surface area contributed by atoms with E-state index in [-0.39, 0.29) is 0 Å². The number of aryl methyl sites for hydroxylation is 2. The average Bonchev–Trinajstić information content (AvgIpc) is 2.85. The molecule has 0 saturated heterocycles. The second kappa shape index (κ2) is 7.18. The lowest BCUT2D eigenvalue weighted by atomic mass is 10.2. The summed E-state index contributed by atoms with van der Waals surface area (Å²) in [6, 6.07) is 5.85. The maximum absolute atomic E-state index is 5.92. The third-order valence-corrected chi connectivity index (χ3v) is 3.99. The summed E-state index contributed by atoms with van der Waals surface area (Å²) in [7, 11) is 1.62. The number of methoxy groups -OCH3 is 1. The van der Waals surface area contributed by atoms with E-state index in [9.17, 15) is 0 Å². The zero-order valence-corrected chi connectivity index (χ0v) is 14.7. The molecule has 0 bridgehead atoms. The monoisotopic (exact) mass is 372 g/mol. The Bertz CT molecular complexity index is 628. The van der Waals surface area contributed by atoms with Crippen LogP contribution < -0.4 is 9.47 Å². The summed E-state index contributed by atoms with van der Waals surface area (Å²) in [6.45, 7) is 5.28. The molecule has 6 heteroatoms. The first-order chi connectivity index (χ1) is 10.1. The molecule has 114 valence electrons. The minimum atomic E-state index is 0.428. The van der Waals surface area contributed by atoms with Crippen LogP contribution in [0.15, 0.2) is 22.7 Å². The van der Waals surface area contributed by atoms with Gasteiger partial charge in [-0.2, -0.15) is 5.10 Å². The van der Waals surface area contributed by atoms with Gasteiger partial charge in [-0.25, -0.2) is 0 Å². The SMILES string of the molecule is CCn1nc(C)cc1COc1c(Br)cc(CCl)cc1OC. The van der Waals surface area contributed by atoms with Gasteiger partial charge in [0.2, 0.25) is 0 Å². The Balaban J connectivity index is 2.23. The van der Waals surface area contributed by atoms with Crippen molar-refractivity contribution >= 4 is 27.5 Å². The molecule has 4 nitrogen and oxygen atoms in total. The highest BCUT2D eigenvalue weighted by atomic mass is 79.9. The minimum absolute atomic E-state index is 0.428. The summed E-state index contributed by atoms with van der Waals surface area (Å²) in [4.78, 5) is 0. The van der Waals surface area contributed by atoms with Crippen LogP contribution in [0.2, 0.25) is 0 Å². The first-order valence-corrected chi connectivity index (χ1v) is 8.00. The van der Waals surface area contributed by atoms with E-state index in [1.54, 1.807) is 7.11 Å². The molecular weight excluding hydrogens is 356 g/mol. The zero-order valence-electron chi connectivity index (χ0n) is 12.3. The molecule has 1 heterocycles. The van der Waals surface area contributed by atoms with E-state index in [0.717, 1.165) is 28.0 Å². The van der Waals surface area contributed by atoms with Crippen molar-refractivity contribution in [2.75, 3.05) is 7.11 Å². The van der Waals surface area contributed by atoms with Crippen molar-refractivity contribution in [3.63, 3.8) is 0 Å². The third kappa shape index (κ3) is 3.71. The standard InChI is InChI=1S/C15H18BrClN2O2/c1-4-19-12(5-10(2)18-19)9-21-15-13(16)6-11(8-17)7-14(15)20-3/h5-7H,4,8-9H2,1-3H3. The number of alkyl halides is 1. The second-order valence-corrected chi connectivity index (χ2v) is 5.75. The van der Waals surface area contributed by atoms with Gasteiger partial charge in [0.1, 0.15) is 6.61 Å². The molecule has 0 N–H and O–H groups in total. The van der Waals surface area contributed by atoms with Gasteiger partial charge in [-0.1, -0.05) is 0 Å². The van der Waals surface area contributed by atoms with E-state index >= 15 is 0 Å². The van der Waals surface area contributed by atoms with Crippen molar-refractivity contribution in [3.05, 3.63) is 39.6 Å². The molecule has 0 fully saturated rings. The predicted molar refractivity (Wildman–Crippen MR) is 87.2 cm³/mol. The molecule has 0 saturated carbocycles. The summed E-state index contributed by atoms with van der Waals surface area (Å²) >= 11 is 9.37. The maximum Gasteiger partial charge on any atom is 0.175 e. The van der Waals surface area contributed by atoms with Gasteiger partial charge in [0.25, 0.3) is 0 Å². The van der Waals surface area contributed by atoms with Gasteiger partial charge in [0.15, 0.2) is 11.5 Å². The second-order valence-electron chi connectivity index (χ2n) is 4.62. The highest BCUT2D eigenvalue weighted by molar-refractivity contribution is 9.10. The zero-order chi connectivity index (χ0) is 15.4. The maximum atomic E-state index is 5.92. The van der Waals surface area contributed by atoms with Crippen molar-refractivity contribution < 1.29 is 9.47 Å². The van der Waals surface area contributed by atoms with Crippen LogP contribution in [0.1, 0.15) is 23.9 Å². The molecule has 21 heavy (non-hydrogen) atoms. The third-order valence-electron chi connectivity index (χ3n) is 3.09. The molecule has 0 amide bonds. The molecule has 0 aliphatic rings. The molecule has 0 radical (unpaired) electrons. The summed E-state index contributed by atoms with van der Waals surface area (Å²) in [6.07, 6.45) is 0. The summed E-state index contributed by atoms with van der Waals surface area (Å²) in [5, 5.41) is 4.41. The Morgan fingerprint density at radius 2 is 2.10 bits per heavy atom. The summed E-state index contributed by atoms with van der Waals surface area (Å²) < 4.78 is 14.1. The predicted octanol–water partition coefficient (Wildman–Crippen LogP) is 4.30. The number of halogens is 2. The van der Waals surface area contributed by atoms with Crippen molar-refractivity contribution in [3.8, 4) is 11.5 Å². The largest absolute Gasteiger partial charge is 0.493 e. The number of nitrogens with zero attached hydrogens (tertiary/aromatic N) is 2. The van der Waals surface area contributed by atoms with Crippen LogP contribution in [-0.4, -0.2) is 16.9 Å². The van der Waals surface area contributed by atoms with Gasteiger partial charge in [-0.15, -0.1) is 11.6 Å². The number of rotatable bonds is 6. The number of aromatic nitrogens is 2. The molecular formula is C15H18BrClN2O2. The lowest BCUT2D eigenvalue weighted by Gasteiger charge is -2.14. The van der Waals surface area contributed by atoms with Crippen LogP contribution in [0.25, 0.3) is 0 Å². The van der Waals surface area contributed by atoms with Gasteiger partial charge in [-0.3, -0.25) is 4.68 Å². The van der Waals surface area contributed by atoms with Gasteiger partial charge in [0, 0.05) is 12.4 Å². The topological polar surface area (TPSA) is 36.3 Å². The first kappa shape index (κ1) is 16.2. The highest BCUT2D eigenvalue weighted by Crippen LogP contribution is 2.37. The van der Waals surface area contributed by atoms with Crippen molar-refractivity contribution in [1.29, 1.82) is 0 Å². The molecule has 0 unspecified atom stereocenters. The minimum Gasteiger partial charge on any atom is -0.493 e. The Morgan fingerprint density at radius 3 is 2.71 bits per heavy atom. The van der Waals surface area contributed by atoms with Crippen LogP contribution in [0.3, 0.4) is 0 Å². The van der Waals surface area contributed by atoms with Crippen molar-refractivity contribution in [1.82, 2.24) is 9.78 Å². The molecule has 2 aromatic rings. The summed E-state index contributed by atoms with van der Waals surface area (Å²) in [5.41, 5.74) is 2.99. The Hall–Kier alpha value is -1.20. The first-order valence-electron chi connectivity index (χ1n) is 6.67. The molecule has 2 rings (SSSR count). The number of ether oxygens (including phenoxy) is 2. The highest BCUT2D eigenvalue weighted by Gasteiger charge is 2.13. The summed E-state index contributed by atoms with van der Waals surface area (Å²) in [5.74, 6) is 1.77. The van der Waals surface area contributed by atoms with E-state index in [1.807, 2.05) is 29.8 Å². The van der Waals surface area contributed by atoms with Crippen molar-refractivity contribution in [2.24, 2.45) is 0 Å². The molecule has 0 atom stereocenters. The van der Waals surface area contributed by atoms with Crippen LogP contribution in [-0.2, 0) is 19.0 Å². The Labute approximate surface area is 138 Å².